The zero-order chi connectivity index (χ0) is 12.7. The van der Waals surface area contributed by atoms with E-state index in [9.17, 15) is 4.79 Å². The molecule has 5 nitrogen and oxygen atoms in total. The van der Waals surface area contributed by atoms with E-state index in [0.717, 1.165) is 19.4 Å². The Morgan fingerprint density at radius 1 is 1.59 bits per heavy atom. The predicted molar refractivity (Wildman–Crippen MR) is 65.7 cm³/mol. The summed E-state index contributed by atoms with van der Waals surface area (Å²) in [5.74, 6) is -0.0206. The van der Waals surface area contributed by atoms with Gasteiger partial charge in [-0.15, -0.1) is 0 Å². The summed E-state index contributed by atoms with van der Waals surface area (Å²) in [5.41, 5.74) is 5.19. The zero-order valence-electron chi connectivity index (χ0n) is 10.8. The molecular formula is C12H24N2O3. The van der Waals surface area contributed by atoms with Crippen LogP contribution >= 0.6 is 0 Å². The summed E-state index contributed by atoms with van der Waals surface area (Å²) in [5, 5.41) is 2.86. The number of hydrogen-bond acceptors (Lipinski definition) is 4. The van der Waals surface area contributed by atoms with Crippen LogP contribution in [-0.4, -0.2) is 43.9 Å². The number of nitrogens with two attached hydrogens (primary N) is 1. The fourth-order valence-electron chi connectivity index (χ4n) is 1.65. The van der Waals surface area contributed by atoms with Crippen LogP contribution in [-0.2, 0) is 14.3 Å². The summed E-state index contributed by atoms with van der Waals surface area (Å²) in [4.78, 5) is 11.5. The van der Waals surface area contributed by atoms with E-state index in [2.05, 4.69) is 5.32 Å². The van der Waals surface area contributed by atoms with Gasteiger partial charge in [0.2, 0.25) is 5.91 Å². The van der Waals surface area contributed by atoms with Crippen molar-refractivity contribution in [3.05, 3.63) is 0 Å². The lowest BCUT2D eigenvalue weighted by atomic mass is 10.1. The number of carbonyl (C=O) groups excluding carboxylic acids is 1. The minimum atomic E-state index is -0.342. The van der Waals surface area contributed by atoms with Crippen molar-refractivity contribution in [3.8, 4) is 0 Å². The molecule has 0 aliphatic carbocycles. The van der Waals surface area contributed by atoms with Gasteiger partial charge in [-0.05, 0) is 26.7 Å². The highest BCUT2D eigenvalue weighted by atomic mass is 16.5. The molecule has 0 bridgehead atoms. The van der Waals surface area contributed by atoms with E-state index in [0.29, 0.717) is 26.2 Å². The molecule has 0 aromatic rings. The highest BCUT2D eigenvalue weighted by Gasteiger charge is 2.18. The van der Waals surface area contributed by atoms with Crippen LogP contribution in [0.2, 0.25) is 0 Å². The van der Waals surface area contributed by atoms with Gasteiger partial charge in [-0.3, -0.25) is 4.79 Å². The largest absolute Gasteiger partial charge is 0.378 e. The average molecular weight is 244 g/mol. The molecule has 1 fully saturated rings. The molecule has 100 valence electrons. The van der Waals surface area contributed by atoms with Crippen molar-refractivity contribution in [3.63, 3.8) is 0 Å². The summed E-state index contributed by atoms with van der Waals surface area (Å²) in [6.07, 6.45) is 2.76. The van der Waals surface area contributed by atoms with Crippen molar-refractivity contribution < 1.29 is 14.3 Å². The topological polar surface area (TPSA) is 73.6 Å². The number of nitrogens with one attached hydrogen (secondary N) is 1. The summed E-state index contributed by atoms with van der Waals surface area (Å²) in [6, 6.07) is 0. The number of hydrogen-bond donors (Lipinski definition) is 2. The van der Waals surface area contributed by atoms with Gasteiger partial charge in [0.1, 0.15) is 0 Å². The Kier molecular flexibility index (Phi) is 5.88. The van der Waals surface area contributed by atoms with Crippen LogP contribution in [0.25, 0.3) is 0 Å². The third-order valence-corrected chi connectivity index (χ3v) is 2.79. The van der Waals surface area contributed by atoms with Gasteiger partial charge in [0, 0.05) is 25.1 Å². The van der Waals surface area contributed by atoms with Gasteiger partial charge < -0.3 is 20.5 Å². The molecular weight excluding hydrogens is 220 g/mol. The molecule has 1 heterocycles. The van der Waals surface area contributed by atoms with Gasteiger partial charge >= 0.3 is 0 Å². The van der Waals surface area contributed by atoms with E-state index in [1.165, 1.54) is 0 Å². The summed E-state index contributed by atoms with van der Waals surface area (Å²) in [7, 11) is 0. The lowest BCUT2D eigenvalue weighted by Crippen LogP contribution is -2.49. The van der Waals surface area contributed by atoms with Crippen molar-refractivity contribution in [2.45, 2.75) is 44.8 Å². The quantitative estimate of drug-likeness (QED) is 0.637. The van der Waals surface area contributed by atoms with Crippen LogP contribution in [0.5, 0.6) is 0 Å². The molecule has 0 aromatic heterocycles. The van der Waals surface area contributed by atoms with Crippen molar-refractivity contribution in [1.82, 2.24) is 5.32 Å². The second-order valence-electron chi connectivity index (χ2n) is 5.10. The average Bonchev–Trinajstić information content (AvgIpc) is 2.77. The summed E-state index contributed by atoms with van der Waals surface area (Å²) >= 11 is 0. The second kappa shape index (κ2) is 6.93. The zero-order valence-corrected chi connectivity index (χ0v) is 10.8. The lowest BCUT2D eigenvalue weighted by Gasteiger charge is -2.24. The van der Waals surface area contributed by atoms with Crippen LogP contribution in [0.1, 0.15) is 33.1 Å². The third kappa shape index (κ3) is 6.00. The van der Waals surface area contributed by atoms with Gasteiger partial charge in [-0.2, -0.15) is 0 Å². The highest BCUT2D eigenvalue weighted by Crippen LogP contribution is 2.11. The van der Waals surface area contributed by atoms with Gasteiger partial charge in [-0.25, -0.2) is 0 Å². The maximum absolute atomic E-state index is 11.5. The first-order chi connectivity index (χ1) is 8.03. The molecule has 1 atom stereocenters. The Balaban J connectivity index is 2.03. The summed E-state index contributed by atoms with van der Waals surface area (Å²) < 4.78 is 10.8. The molecule has 1 aliphatic heterocycles. The van der Waals surface area contributed by atoms with Crippen LogP contribution in [0.3, 0.4) is 0 Å². The molecule has 5 heteroatoms. The third-order valence-electron chi connectivity index (χ3n) is 2.79. The van der Waals surface area contributed by atoms with E-state index >= 15 is 0 Å². The lowest BCUT2D eigenvalue weighted by molar-refractivity contribution is -0.124. The molecule has 0 spiro atoms. The van der Waals surface area contributed by atoms with Crippen molar-refractivity contribution in [1.29, 1.82) is 0 Å². The molecule has 0 aromatic carbocycles. The van der Waals surface area contributed by atoms with Crippen molar-refractivity contribution in [2.75, 3.05) is 26.4 Å². The molecule has 1 amide bonds. The second-order valence-corrected chi connectivity index (χ2v) is 5.10. The number of carbonyl (C=O) groups is 1. The minimum Gasteiger partial charge on any atom is -0.378 e. The smallest absolute Gasteiger partial charge is 0.222 e. The van der Waals surface area contributed by atoms with Crippen LogP contribution in [0, 0.1) is 0 Å². The molecule has 1 aliphatic rings. The first kappa shape index (κ1) is 14.4. The van der Waals surface area contributed by atoms with Crippen LogP contribution < -0.4 is 11.1 Å². The van der Waals surface area contributed by atoms with E-state index < -0.39 is 0 Å². The van der Waals surface area contributed by atoms with E-state index in [4.69, 9.17) is 15.2 Å². The monoisotopic (exact) mass is 244 g/mol. The molecule has 1 rings (SSSR count). The van der Waals surface area contributed by atoms with E-state index in [1.54, 1.807) is 0 Å². The Morgan fingerprint density at radius 3 is 2.94 bits per heavy atom. The number of ether oxygens (including phenoxy) is 2. The van der Waals surface area contributed by atoms with E-state index in [-0.39, 0.29) is 17.6 Å². The van der Waals surface area contributed by atoms with Gasteiger partial charge in [0.25, 0.3) is 0 Å². The maximum Gasteiger partial charge on any atom is 0.222 e. The first-order valence-corrected chi connectivity index (χ1v) is 6.24. The Hall–Kier alpha value is -0.650. The standard InChI is InChI=1S/C12H24N2O3/c1-12(2,9-13)14-11(15)5-7-16-8-10-4-3-6-17-10/h10H,3-9,13H2,1-2H3,(H,14,15). The van der Waals surface area contributed by atoms with Crippen LogP contribution in [0.15, 0.2) is 0 Å². The Labute approximate surface area is 103 Å². The fraction of sp³-hybridized carbons (Fsp3) is 0.917. The Bertz CT molecular complexity index is 238. The van der Waals surface area contributed by atoms with E-state index in [1.807, 2.05) is 13.8 Å². The highest BCUT2D eigenvalue weighted by molar-refractivity contribution is 5.76. The minimum absolute atomic E-state index is 0.0206. The maximum atomic E-state index is 11.5. The fourth-order valence-corrected chi connectivity index (χ4v) is 1.65. The van der Waals surface area contributed by atoms with Gasteiger partial charge in [-0.1, -0.05) is 0 Å². The SMILES string of the molecule is CC(C)(CN)NC(=O)CCOCC1CCCO1. The molecule has 1 saturated heterocycles. The van der Waals surface area contributed by atoms with Crippen molar-refractivity contribution in [2.24, 2.45) is 5.73 Å². The van der Waals surface area contributed by atoms with Crippen LogP contribution in [0.4, 0.5) is 0 Å². The van der Waals surface area contributed by atoms with Crippen molar-refractivity contribution >= 4 is 5.91 Å². The molecule has 17 heavy (non-hydrogen) atoms. The Morgan fingerprint density at radius 2 is 2.35 bits per heavy atom. The number of rotatable bonds is 7. The summed E-state index contributed by atoms with van der Waals surface area (Å²) in [6.45, 7) is 6.09. The molecule has 0 saturated carbocycles. The molecule has 3 N–H and O–H groups in total. The number of amides is 1. The van der Waals surface area contributed by atoms with Gasteiger partial charge in [0.15, 0.2) is 0 Å². The van der Waals surface area contributed by atoms with Gasteiger partial charge in [0.05, 0.1) is 19.3 Å². The molecule has 0 radical (unpaired) electrons. The first-order valence-electron chi connectivity index (χ1n) is 6.24. The molecule has 1 unspecified atom stereocenters. The normalized spacial score (nSPS) is 20.5. The predicted octanol–water partition coefficient (Wildman–Crippen LogP) is 0.426.